The molecule has 0 saturated heterocycles. The quantitative estimate of drug-likeness (QED) is 0.754. The Kier molecular flexibility index (Phi) is 4.73. The number of unbranched alkanes of at least 4 members (excludes halogenated alkanes) is 1. The zero-order valence-electron chi connectivity index (χ0n) is 10.3. The van der Waals surface area contributed by atoms with Crippen molar-refractivity contribution in [1.82, 2.24) is 14.8 Å². The number of ether oxygens (including phenoxy) is 1. The van der Waals surface area contributed by atoms with Gasteiger partial charge in [0.2, 0.25) is 5.28 Å². The molecule has 2 aromatic rings. The van der Waals surface area contributed by atoms with Crippen LogP contribution in [0.2, 0.25) is 5.28 Å². The van der Waals surface area contributed by atoms with E-state index in [1.54, 1.807) is 7.11 Å². The van der Waals surface area contributed by atoms with Gasteiger partial charge in [0.1, 0.15) is 0 Å². The van der Waals surface area contributed by atoms with Gasteiger partial charge >= 0.3 is 0 Å². The van der Waals surface area contributed by atoms with Crippen LogP contribution in [0.3, 0.4) is 0 Å². The molecule has 0 aliphatic carbocycles. The third-order valence-electron chi connectivity index (χ3n) is 2.72. The minimum atomic E-state index is 0.436. The van der Waals surface area contributed by atoms with Crippen molar-refractivity contribution in [3.05, 3.63) is 35.6 Å². The summed E-state index contributed by atoms with van der Waals surface area (Å²) in [6.07, 6.45) is 1.99. The first-order valence-electron chi connectivity index (χ1n) is 5.96. The number of methoxy groups -OCH3 is 1. The highest BCUT2D eigenvalue weighted by atomic mass is 35.5. The second-order valence-electron chi connectivity index (χ2n) is 4.01. The Morgan fingerprint density at radius 2 is 1.94 bits per heavy atom. The predicted octanol–water partition coefficient (Wildman–Crippen LogP) is 3.03. The van der Waals surface area contributed by atoms with Crippen molar-refractivity contribution in [2.24, 2.45) is 0 Å². The molecule has 0 N–H and O–H groups in total. The zero-order chi connectivity index (χ0) is 12.8. The second-order valence-corrected chi connectivity index (χ2v) is 4.35. The minimum Gasteiger partial charge on any atom is -0.385 e. The summed E-state index contributed by atoms with van der Waals surface area (Å²) in [6, 6.07) is 9.95. The van der Waals surface area contributed by atoms with Crippen molar-refractivity contribution in [2.45, 2.75) is 19.4 Å². The van der Waals surface area contributed by atoms with E-state index >= 15 is 0 Å². The number of hydrogen-bond donors (Lipinski definition) is 0. The van der Waals surface area contributed by atoms with E-state index in [0.29, 0.717) is 5.28 Å². The van der Waals surface area contributed by atoms with Crippen molar-refractivity contribution in [3.8, 4) is 11.4 Å². The molecule has 2 rings (SSSR count). The van der Waals surface area contributed by atoms with Gasteiger partial charge < -0.3 is 4.74 Å². The molecule has 96 valence electrons. The Hall–Kier alpha value is -1.39. The highest BCUT2D eigenvalue weighted by Gasteiger charge is 2.11. The number of halogens is 1. The van der Waals surface area contributed by atoms with Crippen molar-refractivity contribution in [3.63, 3.8) is 0 Å². The van der Waals surface area contributed by atoms with Crippen molar-refractivity contribution in [2.75, 3.05) is 13.7 Å². The Bertz CT molecular complexity index is 484. The first kappa shape index (κ1) is 13.1. The Balaban J connectivity index is 2.12. The predicted molar refractivity (Wildman–Crippen MR) is 71.6 cm³/mol. The molecule has 1 heterocycles. The highest BCUT2D eigenvalue weighted by molar-refractivity contribution is 6.28. The molecule has 0 unspecified atom stereocenters. The van der Waals surface area contributed by atoms with Crippen LogP contribution in [-0.4, -0.2) is 28.5 Å². The largest absolute Gasteiger partial charge is 0.385 e. The summed E-state index contributed by atoms with van der Waals surface area (Å²) >= 11 is 6.07. The maximum absolute atomic E-state index is 6.07. The van der Waals surface area contributed by atoms with Gasteiger partial charge in [0.15, 0.2) is 5.82 Å². The van der Waals surface area contributed by atoms with Gasteiger partial charge in [-0.3, -0.25) is 4.57 Å². The topological polar surface area (TPSA) is 39.9 Å². The van der Waals surface area contributed by atoms with Crippen LogP contribution in [-0.2, 0) is 11.3 Å². The molecule has 0 spiro atoms. The zero-order valence-corrected chi connectivity index (χ0v) is 11.1. The van der Waals surface area contributed by atoms with Crippen LogP contribution >= 0.6 is 11.6 Å². The van der Waals surface area contributed by atoms with Gasteiger partial charge in [0.25, 0.3) is 0 Å². The summed E-state index contributed by atoms with van der Waals surface area (Å²) in [5.74, 6) is 0.818. The number of hydrogen-bond acceptors (Lipinski definition) is 3. The second kappa shape index (κ2) is 6.52. The van der Waals surface area contributed by atoms with Gasteiger partial charge in [-0.25, -0.2) is 0 Å². The summed E-state index contributed by atoms with van der Waals surface area (Å²) in [6.45, 7) is 1.57. The molecule has 0 aliphatic rings. The number of benzene rings is 1. The van der Waals surface area contributed by atoms with E-state index in [-0.39, 0.29) is 0 Å². The van der Waals surface area contributed by atoms with Crippen LogP contribution in [0, 0.1) is 0 Å². The van der Waals surface area contributed by atoms with Crippen LogP contribution in [0.5, 0.6) is 0 Å². The maximum atomic E-state index is 6.07. The lowest BCUT2D eigenvalue weighted by atomic mass is 10.2. The van der Waals surface area contributed by atoms with Crippen LogP contribution in [0.15, 0.2) is 30.3 Å². The fraction of sp³-hybridized carbons (Fsp3) is 0.385. The van der Waals surface area contributed by atoms with Crippen LogP contribution in [0.25, 0.3) is 11.4 Å². The summed E-state index contributed by atoms with van der Waals surface area (Å²) in [5.41, 5.74) is 1.03. The third-order valence-corrected chi connectivity index (χ3v) is 3.00. The summed E-state index contributed by atoms with van der Waals surface area (Å²) in [7, 11) is 1.71. The van der Waals surface area contributed by atoms with E-state index in [4.69, 9.17) is 16.3 Å². The number of aromatic nitrogens is 3. The van der Waals surface area contributed by atoms with Gasteiger partial charge in [-0.05, 0) is 24.4 Å². The lowest BCUT2D eigenvalue weighted by Crippen LogP contribution is -2.02. The van der Waals surface area contributed by atoms with Crippen LogP contribution < -0.4 is 0 Å². The SMILES string of the molecule is COCCCCn1c(Cl)nnc1-c1ccccc1. The number of rotatable bonds is 6. The molecule has 1 aromatic carbocycles. The number of nitrogens with zero attached hydrogens (tertiary/aromatic N) is 3. The average molecular weight is 266 g/mol. The Morgan fingerprint density at radius 3 is 2.67 bits per heavy atom. The molecule has 0 aliphatic heterocycles. The van der Waals surface area contributed by atoms with E-state index in [1.807, 2.05) is 34.9 Å². The van der Waals surface area contributed by atoms with Gasteiger partial charge in [0, 0.05) is 25.8 Å². The van der Waals surface area contributed by atoms with Gasteiger partial charge in [0.05, 0.1) is 0 Å². The molecule has 0 amide bonds. The Labute approximate surface area is 112 Å². The normalized spacial score (nSPS) is 10.8. The lowest BCUT2D eigenvalue weighted by Gasteiger charge is -2.07. The van der Waals surface area contributed by atoms with Gasteiger partial charge in [-0.15, -0.1) is 10.2 Å². The van der Waals surface area contributed by atoms with Crippen molar-refractivity contribution >= 4 is 11.6 Å². The first-order chi connectivity index (χ1) is 8.83. The summed E-state index contributed by atoms with van der Waals surface area (Å²) in [5, 5.41) is 8.51. The molecule has 0 atom stereocenters. The van der Waals surface area contributed by atoms with Gasteiger partial charge in [-0.1, -0.05) is 30.3 Å². The molecule has 1 aromatic heterocycles. The maximum Gasteiger partial charge on any atom is 0.225 e. The minimum absolute atomic E-state index is 0.436. The molecule has 4 nitrogen and oxygen atoms in total. The first-order valence-corrected chi connectivity index (χ1v) is 6.34. The molecular weight excluding hydrogens is 250 g/mol. The smallest absolute Gasteiger partial charge is 0.225 e. The van der Waals surface area contributed by atoms with Crippen molar-refractivity contribution < 1.29 is 4.74 Å². The lowest BCUT2D eigenvalue weighted by molar-refractivity contribution is 0.191. The van der Waals surface area contributed by atoms with E-state index in [2.05, 4.69) is 10.2 Å². The molecule has 0 radical (unpaired) electrons. The molecule has 5 heteroatoms. The monoisotopic (exact) mass is 265 g/mol. The van der Waals surface area contributed by atoms with E-state index in [0.717, 1.165) is 37.4 Å². The third kappa shape index (κ3) is 3.09. The van der Waals surface area contributed by atoms with E-state index in [1.165, 1.54) is 0 Å². The van der Waals surface area contributed by atoms with Crippen LogP contribution in [0.1, 0.15) is 12.8 Å². The van der Waals surface area contributed by atoms with E-state index < -0.39 is 0 Å². The molecular formula is C13H16ClN3O. The fourth-order valence-electron chi connectivity index (χ4n) is 1.80. The molecule has 0 bridgehead atoms. The van der Waals surface area contributed by atoms with Crippen LogP contribution in [0.4, 0.5) is 0 Å². The summed E-state index contributed by atoms with van der Waals surface area (Å²) in [4.78, 5) is 0. The summed E-state index contributed by atoms with van der Waals surface area (Å²) < 4.78 is 6.97. The molecule has 18 heavy (non-hydrogen) atoms. The van der Waals surface area contributed by atoms with Crippen molar-refractivity contribution in [1.29, 1.82) is 0 Å². The standard InChI is InChI=1S/C13H16ClN3O/c1-18-10-6-5-9-17-12(15-16-13(17)14)11-7-3-2-4-8-11/h2-4,7-8H,5-6,9-10H2,1H3. The molecule has 0 saturated carbocycles. The molecule has 0 fully saturated rings. The Morgan fingerprint density at radius 1 is 1.17 bits per heavy atom. The van der Waals surface area contributed by atoms with E-state index in [9.17, 15) is 0 Å². The average Bonchev–Trinajstić information content (AvgIpc) is 2.77. The fourth-order valence-corrected chi connectivity index (χ4v) is 2.00. The highest BCUT2D eigenvalue weighted by Crippen LogP contribution is 2.20. The van der Waals surface area contributed by atoms with Gasteiger partial charge in [-0.2, -0.15) is 0 Å².